The summed E-state index contributed by atoms with van der Waals surface area (Å²) in [5.74, 6) is -0.0206. The topological polar surface area (TPSA) is 80.6 Å². The molecule has 0 aliphatic heterocycles. The largest absolute Gasteiger partial charge is 0.495 e. The van der Waals surface area contributed by atoms with Gasteiger partial charge in [-0.15, -0.1) is 0 Å². The molecule has 0 saturated heterocycles. The van der Waals surface area contributed by atoms with Gasteiger partial charge in [-0.05, 0) is 42.0 Å². The van der Waals surface area contributed by atoms with Crippen molar-refractivity contribution in [1.82, 2.24) is 0 Å². The minimum absolute atomic E-state index is 0.196. The molecule has 2 amide bonds. The summed E-state index contributed by atoms with van der Waals surface area (Å²) in [4.78, 5) is 24.3. The fourth-order valence-electron chi connectivity index (χ4n) is 2.39. The van der Waals surface area contributed by atoms with E-state index in [0.29, 0.717) is 17.1 Å². The maximum atomic E-state index is 12.2. The Hall–Kier alpha value is -3.80. The molecule has 1 heterocycles. The molecule has 0 spiro atoms. The maximum Gasteiger partial charge on any atom is 0.291 e. The first-order chi connectivity index (χ1) is 13.2. The zero-order chi connectivity index (χ0) is 19.1. The first kappa shape index (κ1) is 18.0. The average molecular weight is 362 g/mol. The van der Waals surface area contributed by atoms with Crippen molar-refractivity contribution in [3.63, 3.8) is 0 Å². The standard InChI is InChI=1S/C21H18N2O4/c1-26-18-11-10-16(22-21(25)19-8-5-13-27-19)14-17(18)23-20(24)12-9-15-6-3-2-4-7-15/h2-14H,1H3,(H,22,25)(H,23,24)/b12-9+. The van der Waals surface area contributed by atoms with Crippen molar-refractivity contribution >= 4 is 29.3 Å². The van der Waals surface area contributed by atoms with Gasteiger partial charge in [-0.25, -0.2) is 0 Å². The number of carbonyl (C=O) groups is 2. The normalized spacial score (nSPS) is 10.6. The van der Waals surface area contributed by atoms with Crippen molar-refractivity contribution in [3.05, 3.63) is 84.3 Å². The lowest BCUT2D eigenvalue weighted by molar-refractivity contribution is -0.111. The summed E-state index contributed by atoms with van der Waals surface area (Å²) in [5, 5.41) is 5.46. The molecule has 27 heavy (non-hydrogen) atoms. The molecular weight excluding hydrogens is 344 g/mol. The molecule has 0 unspecified atom stereocenters. The van der Waals surface area contributed by atoms with Gasteiger partial charge in [-0.3, -0.25) is 9.59 Å². The molecule has 0 saturated carbocycles. The Morgan fingerprint density at radius 3 is 2.52 bits per heavy atom. The van der Waals surface area contributed by atoms with Gasteiger partial charge in [0.2, 0.25) is 5.91 Å². The lowest BCUT2D eigenvalue weighted by Gasteiger charge is -2.11. The Bertz CT molecular complexity index is 948. The number of benzene rings is 2. The number of carbonyl (C=O) groups excluding carboxylic acids is 2. The highest BCUT2D eigenvalue weighted by Gasteiger charge is 2.11. The third-order valence-corrected chi connectivity index (χ3v) is 3.69. The minimum Gasteiger partial charge on any atom is -0.495 e. The van der Waals surface area contributed by atoms with Crippen LogP contribution in [0.2, 0.25) is 0 Å². The molecule has 0 aliphatic carbocycles. The number of hydrogen-bond donors (Lipinski definition) is 2. The van der Waals surface area contributed by atoms with E-state index in [1.54, 1.807) is 36.4 Å². The van der Waals surface area contributed by atoms with Crippen molar-refractivity contribution < 1.29 is 18.7 Å². The van der Waals surface area contributed by atoms with Gasteiger partial charge in [-0.2, -0.15) is 0 Å². The lowest BCUT2D eigenvalue weighted by Crippen LogP contribution is -2.12. The van der Waals surface area contributed by atoms with E-state index in [9.17, 15) is 9.59 Å². The predicted molar refractivity (Wildman–Crippen MR) is 104 cm³/mol. The van der Waals surface area contributed by atoms with E-state index in [0.717, 1.165) is 5.56 Å². The fraction of sp³-hybridized carbons (Fsp3) is 0.0476. The Kier molecular flexibility index (Phi) is 5.69. The van der Waals surface area contributed by atoms with Crippen LogP contribution in [0.25, 0.3) is 6.08 Å². The first-order valence-corrected chi connectivity index (χ1v) is 8.23. The Labute approximate surface area is 156 Å². The maximum absolute atomic E-state index is 12.2. The second kappa shape index (κ2) is 8.53. The van der Waals surface area contributed by atoms with Crippen LogP contribution in [0.4, 0.5) is 11.4 Å². The van der Waals surface area contributed by atoms with Crippen LogP contribution in [0.1, 0.15) is 16.1 Å². The number of furan rings is 1. The summed E-state index contributed by atoms with van der Waals surface area (Å²) in [5.41, 5.74) is 1.86. The molecule has 0 fully saturated rings. The quantitative estimate of drug-likeness (QED) is 0.644. The summed E-state index contributed by atoms with van der Waals surface area (Å²) in [6.45, 7) is 0. The van der Waals surface area contributed by atoms with Crippen LogP contribution >= 0.6 is 0 Å². The van der Waals surface area contributed by atoms with Crippen LogP contribution in [-0.2, 0) is 4.79 Å². The Morgan fingerprint density at radius 2 is 1.81 bits per heavy atom. The number of ether oxygens (including phenoxy) is 1. The van der Waals surface area contributed by atoms with Crippen molar-refractivity contribution in [2.24, 2.45) is 0 Å². The molecule has 0 aliphatic rings. The number of amides is 2. The van der Waals surface area contributed by atoms with E-state index in [2.05, 4.69) is 10.6 Å². The Balaban J connectivity index is 1.72. The molecule has 6 heteroatoms. The van der Waals surface area contributed by atoms with E-state index >= 15 is 0 Å². The third kappa shape index (κ3) is 4.85. The van der Waals surface area contributed by atoms with E-state index < -0.39 is 0 Å². The van der Waals surface area contributed by atoms with Crippen LogP contribution in [0.3, 0.4) is 0 Å². The summed E-state index contributed by atoms with van der Waals surface area (Å²) < 4.78 is 10.3. The zero-order valence-corrected chi connectivity index (χ0v) is 14.6. The van der Waals surface area contributed by atoms with Gasteiger partial charge in [-0.1, -0.05) is 30.3 Å². The summed E-state index contributed by atoms with van der Waals surface area (Å²) in [7, 11) is 1.51. The van der Waals surface area contributed by atoms with Crippen molar-refractivity contribution in [2.75, 3.05) is 17.7 Å². The molecule has 3 aromatic rings. The molecule has 1 aromatic heterocycles. The molecule has 2 aromatic carbocycles. The fourth-order valence-corrected chi connectivity index (χ4v) is 2.39. The van der Waals surface area contributed by atoms with E-state index in [1.165, 1.54) is 19.4 Å². The van der Waals surface area contributed by atoms with Gasteiger partial charge in [0.05, 0.1) is 19.1 Å². The predicted octanol–water partition coefficient (Wildman–Crippen LogP) is 4.19. The number of hydrogen-bond acceptors (Lipinski definition) is 4. The number of rotatable bonds is 6. The van der Waals surface area contributed by atoms with Gasteiger partial charge in [0.15, 0.2) is 5.76 Å². The smallest absolute Gasteiger partial charge is 0.291 e. The van der Waals surface area contributed by atoms with Crippen LogP contribution in [0.15, 0.2) is 77.4 Å². The first-order valence-electron chi connectivity index (χ1n) is 8.23. The number of methoxy groups -OCH3 is 1. The summed E-state index contributed by atoms with van der Waals surface area (Å²) >= 11 is 0. The molecule has 3 rings (SSSR count). The Morgan fingerprint density at radius 1 is 1.00 bits per heavy atom. The molecule has 136 valence electrons. The van der Waals surface area contributed by atoms with Crippen LogP contribution in [0.5, 0.6) is 5.75 Å². The summed E-state index contributed by atoms with van der Waals surface area (Å²) in [6, 6.07) is 17.6. The SMILES string of the molecule is COc1ccc(NC(=O)c2ccco2)cc1NC(=O)/C=C/c1ccccc1. The van der Waals surface area contributed by atoms with Gasteiger partial charge >= 0.3 is 0 Å². The lowest BCUT2D eigenvalue weighted by atomic mass is 10.2. The summed E-state index contributed by atoms with van der Waals surface area (Å²) in [6.07, 6.45) is 4.57. The van der Waals surface area contributed by atoms with Gasteiger partial charge in [0, 0.05) is 11.8 Å². The molecular formula is C21H18N2O4. The van der Waals surface area contributed by atoms with E-state index in [1.807, 2.05) is 30.3 Å². The molecule has 6 nitrogen and oxygen atoms in total. The number of anilines is 2. The monoisotopic (exact) mass is 362 g/mol. The minimum atomic E-state index is -0.383. The second-order valence-electron chi connectivity index (χ2n) is 5.58. The van der Waals surface area contributed by atoms with Crippen LogP contribution in [0, 0.1) is 0 Å². The highest BCUT2D eigenvalue weighted by Crippen LogP contribution is 2.28. The van der Waals surface area contributed by atoms with E-state index in [-0.39, 0.29) is 17.6 Å². The average Bonchev–Trinajstić information content (AvgIpc) is 3.22. The van der Waals surface area contributed by atoms with Crippen molar-refractivity contribution in [1.29, 1.82) is 0 Å². The molecule has 2 N–H and O–H groups in total. The highest BCUT2D eigenvalue weighted by molar-refractivity contribution is 6.05. The zero-order valence-electron chi connectivity index (χ0n) is 14.6. The van der Waals surface area contributed by atoms with Gasteiger partial charge in [0.25, 0.3) is 5.91 Å². The molecule has 0 atom stereocenters. The highest BCUT2D eigenvalue weighted by atomic mass is 16.5. The van der Waals surface area contributed by atoms with Gasteiger partial charge in [0.1, 0.15) is 5.75 Å². The third-order valence-electron chi connectivity index (χ3n) is 3.69. The van der Waals surface area contributed by atoms with Crippen LogP contribution in [-0.4, -0.2) is 18.9 Å². The molecule has 0 radical (unpaired) electrons. The van der Waals surface area contributed by atoms with Crippen molar-refractivity contribution in [3.8, 4) is 5.75 Å². The number of nitrogens with one attached hydrogen (secondary N) is 2. The van der Waals surface area contributed by atoms with E-state index in [4.69, 9.17) is 9.15 Å². The van der Waals surface area contributed by atoms with Crippen molar-refractivity contribution in [2.45, 2.75) is 0 Å². The van der Waals surface area contributed by atoms with Crippen LogP contribution < -0.4 is 15.4 Å². The van der Waals surface area contributed by atoms with Gasteiger partial charge < -0.3 is 19.8 Å². The second-order valence-corrected chi connectivity index (χ2v) is 5.58. The molecule has 0 bridgehead atoms.